The summed E-state index contributed by atoms with van der Waals surface area (Å²) in [6.07, 6.45) is 5.94. The van der Waals surface area contributed by atoms with Crippen LogP contribution >= 0.6 is 0 Å². The molecule has 3 nitrogen and oxygen atoms in total. The third-order valence-electron chi connectivity index (χ3n) is 2.52. The number of oxime groups is 1. The van der Waals surface area contributed by atoms with Gasteiger partial charge >= 0.3 is 0 Å². The quantitative estimate of drug-likeness (QED) is 0.495. The third kappa shape index (κ3) is 2.83. The van der Waals surface area contributed by atoms with Gasteiger partial charge in [0, 0.05) is 0 Å². The molecule has 0 aliphatic heterocycles. The molecule has 1 aliphatic carbocycles. The van der Waals surface area contributed by atoms with E-state index in [1.165, 1.54) is 12.8 Å². The number of hydrogen-bond acceptors (Lipinski definition) is 3. The molecule has 0 radical (unpaired) electrons. The summed E-state index contributed by atoms with van der Waals surface area (Å²) in [4.78, 5) is 15.9. The lowest BCUT2D eigenvalue weighted by atomic mass is 10.1. The number of carbonyl (C=O) groups excluding carboxylic acids is 1. The number of nitrogens with zero attached hydrogens (tertiary/aromatic N) is 1. The molecule has 3 heteroatoms. The van der Waals surface area contributed by atoms with Gasteiger partial charge in [-0.1, -0.05) is 12.1 Å². The summed E-state index contributed by atoms with van der Waals surface area (Å²) in [5.41, 5.74) is 0.372. The van der Waals surface area contributed by atoms with E-state index >= 15 is 0 Å². The van der Waals surface area contributed by atoms with Gasteiger partial charge in [0.05, 0.1) is 5.71 Å². The van der Waals surface area contributed by atoms with Crippen LogP contribution in [0.3, 0.4) is 0 Å². The van der Waals surface area contributed by atoms with Gasteiger partial charge in [-0.15, -0.1) is 0 Å². The van der Waals surface area contributed by atoms with Crippen LogP contribution in [0.1, 0.15) is 46.0 Å². The second-order valence-electron chi connectivity index (χ2n) is 3.74. The SMILES string of the molecule is CCC(C)(C=O)ON=C1CCCC1. The van der Waals surface area contributed by atoms with E-state index in [9.17, 15) is 4.79 Å². The fourth-order valence-corrected chi connectivity index (χ4v) is 1.21. The van der Waals surface area contributed by atoms with E-state index in [0.29, 0.717) is 6.42 Å². The zero-order chi connectivity index (χ0) is 9.73. The van der Waals surface area contributed by atoms with Gasteiger partial charge in [-0.2, -0.15) is 0 Å². The summed E-state index contributed by atoms with van der Waals surface area (Å²) >= 11 is 0. The average molecular weight is 183 g/mol. The highest BCUT2D eigenvalue weighted by atomic mass is 16.7. The standard InChI is InChI=1S/C10H17NO2/c1-3-10(2,8-12)13-11-9-6-4-5-7-9/h8H,3-7H2,1-2H3. The minimum absolute atomic E-state index is 0.660. The first kappa shape index (κ1) is 10.2. The Morgan fingerprint density at radius 3 is 2.62 bits per heavy atom. The van der Waals surface area contributed by atoms with Gasteiger partial charge < -0.3 is 4.84 Å². The van der Waals surface area contributed by atoms with Gasteiger partial charge in [0.2, 0.25) is 0 Å². The number of hydrogen-bond donors (Lipinski definition) is 0. The first-order valence-corrected chi connectivity index (χ1v) is 4.90. The van der Waals surface area contributed by atoms with Gasteiger partial charge in [0.15, 0.2) is 11.9 Å². The van der Waals surface area contributed by atoms with Gasteiger partial charge in [0.1, 0.15) is 0 Å². The van der Waals surface area contributed by atoms with Crippen LogP contribution in [0.25, 0.3) is 0 Å². The number of carbonyl (C=O) groups is 1. The van der Waals surface area contributed by atoms with Crippen molar-refractivity contribution in [2.24, 2.45) is 5.16 Å². The molecule has 13 heavy (non-hydrogen) atoms. The van der Waals surface area contributed by atoms with E-state index in [-0.39, 0.29) is 0 Å². The zero-order valence-corrected chi connectivity index (χ0v) is 8.38. The molecule has 0 bridgehead atoms. The molecule has 0 spiro atoms. The largest absolute Gasteiger partial charge is 0.382 e. The maximum atomic E-state index is 10.7. The maximum Gasteiger partial charge on any atom is 0.189 e. The van der Waals surface area contributed by atoms with Crippen LogP contribution in [0.2, 0.25) is 0 Å². The second kappa shape index (κ2) is 4.40. The van der Waals surface area contributed by atoms with Crippen LogP contribution in [0.15, 0.2) is 5.16 Å². The summed E-state index contributed by atoms with van der Waals surface area (Å²) in [5, 5.41) is 4.02. The Balaban J connectivity index is 2.47. The van der Waals surface area contributed by atoms with Gasteiger partial charge in [-0.3, -0.25) is 4.79 Å². The summed E-state index contributed by atoms with van der Waals surface area (Å²) in [5.74, 6) is 0. The number of rotatable bonds is 4. The maximum absolute atomic E-state index is 10.7. The molecule has 1 aliphatic rings. The topological polar surface area (TPSA) is 38.7 Å². The van der Waals surface area contributed by atoms with Crippen molar-refractivity contribution in [3.63, 3.8) is 0 Å². The Morgan fingerprint density at radius 2 is 2.15 bits per heavy atom. The Morgan fingerprint density at radius 1 is 1.54 bits per heavy atom. The van der Waals surface area contributed by atoms with Gasteiger partial charge in [0.25, 0.3) is 0 Å². The van der Waals surface area contributed by atoms with E-state index in [2.05, 4.69) is 5.16 Å². The molecule has 1 unspecified atom stereocenters. The third-order valence-corrected chi connectivity index (χ3v) is 2.52. The van der Waals surface area contributed by atoms with Crippen molar-refractivity contribution in [1.29, 1.82) is 0 Å². The van der Waals surface area contributed by atoms with Crippen LogP contribution in [0.5, 0.6) is 0 Å². The van der Waals surface area contributed by atoms with Gasteiger partial charge in [-0.25, -0.2) is 0 Å². The lowest BCUT2D eigenvalue weighted by molar-refractivity contribution is -0.129. The molecule has 0 N–H and O–H groups in total. The van der Waals surface area contributed by atoms with Crippen molar-refractivity contribution in [1.82, 2.24) is 0 Å². The fourth-order valence-electron chi connectivity index (χ4n) is 1.21. The Bertz CT molecular complexity index is 205. The van der Waals surface area contributed by atoms with E-state index in [1.54, 1.807) is 6.92 Å². The van der Waals surface area contributed by atoms with Crippen LogP contribution in [-0.4, -0.2) is 17.6 Å². The Labute approximate surface area is 79.1 Å². The summed E-state index contributed by atoms with van der Waals surface area (Å²) in [6, 6.07) is 0. The molecular formula is C10H17NO2. The number of aldehydes is 1. The summed E-state index contributed by atoms with van der Waals surface area (Å²) in [7, 11) is 0. The fraction of sp³-hybridized carbons (Fsp3) is 0.800. The Hall–Kier alpha value is -0.860. The van der Waals surface area contributed by atoms with E-state index < -0.39 is 5.60 Å². The molecule has 0 aromatic carbocycles. The van der Waals surface area contributed by atoms with Crippen molar-refractivity contribution >= 4 is 12.0 Å². The molecule has 0 aromatic rings. The molecule has 0 amide bonds. The van der Waals surface area contributed by atoms with Gasteiger partial charge in [-0.05, 0) is 39.0 Å². The predicted octanol–water partition coefficient (Wildman–Crippen LogP) is 2.30. The lowest BCUT2D eigenvalue weighted by Crippen LogP contribution is -2.27. The van der Waals surface area contributed by atoms with E-state index in [1.807, 2.05) is 6.92 Å². The van der Waals surface area contributed by atoms with Crippen molar-refractivity contribution in [3.05, 3.63) is 0 Å². The first-order chi connectivity index (χ1) is 6.20. The zero-order valence-electron chi connectivity index (χ0n) is 8.38. The molecule has 74 valence electrons. The van der Waals surface area contributed by atoms with Crippen molar-refractivity contribution in [2.75, 3.05) is 0 Å². The molecule has 1 saturated carbocycles. The van der Waals surface area contributed by atoms with E-state index in [0.717, 1.165) is 24.8 Å². The van der Waals surface area contributed by atoms with E-state index in [4.69, 9.17) is 4.84 Å². The summed E-state index contributed by atoms with van der Waals surface area (Å²) < 4.78 is 0. The van der Waals surface area contributed by atoms with Crippen LogP contribution in [0.4, 0.5) is 0 Å². The minimum Gasteiger partial charge on any atom is -0.382 e. The van der Waals surface area contributed by atoms with Crippen LogP contribution < -0.4 is 0 Å². The average Bonchev–Trinajstić information content (AvgIpc) is 2.67. The smallest absolute Gasteiger partial charge is 0.189 e. The highest BCUT2D eigenvalue weighted by Crippen LogP contribution is 2.18. The predicted molar refractivity (Wildman–Crippen MR) is 51.7 cm³/mol. The summed E-state index contributed by atoms with van der Waals surface area (Å²) in [6.45, 7) is 3.68. The molecule has 0 heterocycles. The Kier molecular flexibility index (Phi) is 3.46. The molecular weight excluding hydrogens is 166 g/mol. The second-order valence-corrected chi connectivity index (χ2v) is 3.74. The minimum atomic E-state index is -0.727. The highest BCUT2D eigenvalue weighted by Gasteiger charge is 2.23. The first-order valence-electron chi connectivity index (χ1n) is 4.90. The molecule has 1 atom stereocenters. The van der Waals surface area contributed by atoms with Crippen molar-refractivity contribution in [3.8, 4) is 0 Å². The van der Waals surface area contributed by atoms with Crippen molar-refractivity contribution < 1.29 is 9.63 Å². The molecule has 0 aromatic heterocycles. The van der Waals surface area contributed by atoms with Crippen LogP contribution in [0, 0.1) is 0 Å². The monoisotopic (exact) mass is 183 g/mol. The lowest BCUT2D eigenvalue weighted by Gasteiger charge is -2.18. The molecule has 0 saturated heterocycles. The molecule has 1 fully saturated rings. The normalized spacial score (nSPS) is 20.9. The molecule has 1 rings (SSSR count). The van der Waals surface area contributed by atoms with Crippen molar-refractivity contribution in [2.45, 2.75) is 51.6 Å². The van der Waals surface area contributed by atoms with Crippen LogP contribution in [-0.2, 0) is 9.63 Å². The highest BCUT2D eigenvalue weighted by molar-refractivity contribution is 5.85.